The third-order valence-electron chi connectivity index (χ3n) is 1.46. The summed E-state index contributed by atoms with van der Waals surface area (Å²) in [6.07, 6.45) is 1.17. The Morgan fingerprint density at radius 3 is 2.46 bits per heavy atom. The summed E-state index contributed by atoms with van der Waals surface area (Å²) in [4.78, 5) is 4.05. The monoisotopic (exact) mass is 203 g/mol. The molecule has 1 heterocycles. The van der Waals surface area contributed by atoms with E-state index in [0.717, 1.165) is 0 Å². The van der Waals surface area contributed by atoms with Crippen molar-refractivity contribution in [2.45, 2.75) is 25.5 Å². The number of nitrogens with one attached hydrogen (secondary N) is 1. The molecule has 0 saturated heterocycles. The highest BCUT2D eigenvalue weighted by Crippen LogP contribution is 2.08. The molecule has 6 heteroatoms. The number of aromatic nitrogens is 3. The molecule has 0 spiro atoms. The maximum Gasteiger partial charge on any atom is 0.154 e. The molecular weight excluding hydrogens is 190 g/mol. The van der Waals surface area contributed by atoms with Crippen LogP contribution in [0.5, 0.6) is 0 Å². The zero-order valence-electron chi connectivity index (χ0n) is 7.90. The maximum absolute atomic E-state index is 10.9. The Labute approximate surface area is 77.5 Å². The van der Waals surface area contributed by atoms with Crippen molar-refractivity contribution >= 4 is 9.84 Å². The van der Waals surface area contributed by atoms with Crippen LogP contribution in [0.3, 0.4) is 0 Å². The molecular formula is C7H13N3O2S. The Hall–Kier alpha value is -0.910. The lowest BCUT2D eigenvalue weighted by Gasteiger charge is -1.94. The highest BCUT2D eigenvalue weighted by atomic mass is 32.2. The van der Waals surface area contributed by atoms with Crippen LogP contribution in [0.2, 0.25) is 0 Å². The smallest absolute Gasteiger partial charge is 0.154 e. The molecule has 0 aliphatic carbocycles. The van der Waals surface area contributed by atoms with Crippen LogP contribution in [0.1, 0.15) is 31.4 Å². The summed E-state index contributed by atoms with van der Waals surface area (Å²) in [5.41, 5.74) is 0. The molecule has 0 bridgehead atoms. The van der Waals surface area contributed by atoms with Crippen molar-refractivity contribution in [3.63, 3.8) is 0 Å². The van der Waals surface area contributed by atoms with Crippen LogP contribution < -0.4 is 0 Å². The normalized spacial score (nSPS) is 12.3. The number of nitrogens with zero attached hydrogens (tertiary/aromatic N) is 2. The van der Waals surface area contributed by atoms with Crippen molar-refractivity contribution in [3.8, 4) is 0 Å². The van der Waals surface area contributed by atoms with E-state index in [1.807, 2.05) is 13.8 Å². The average Bonchev–Trinajstić information content (AvgIpc) is 2.31. The van der Waals surface area contributed by atoms with Crippen molar-refractivity contribution < 1.29 is 8.42 Å². The van der Waals surface area contributed by atoms with Gasteiger partial charge in [-0.15, -0.1) is 0 Å². The summed E-state index contributed by atoms with van der Waals surface area (Å²) in [5.74, 6) is 1.20. The maximum atomic E-state index is 10.9. The van der Waals surface area contributed by atoms with E-state index in [9.17, 15) is 8.42 Å². The topological polar surface area (TPSA) is 75.7 Å². The van der Waals surface area contributed by atoms with Crippen molar-refractivity contribution in [2.75, 3.05) is 6.26 Å². The van der Waals surface area contributed by atoms with Crippen LogP contribution in [0.4, 0.5) is 0 Å². The number of rotatable bonds is 3. The van der Waals surface area contributed by atoms with Gasteiger partial charge in [0.05, 0.1) is 0 Å². The third kappa shape index (κ3) is 3.14. The van der Waals surface area contributed by atoms with E-state index < -0.39 is 9.84 Å². The molecule has 5 nitrogen and oxygen atoms in total. The van der Waals surface area contributed by atoms with Gasteiger partial charge < -0.3 is 0 Å². The molecule has 0 saturated carbocycles. The molecule has 0 unspecified atom stereocenters. The molecule has 1 aromatic heterocycles. The van der Waals surface area contributed by atoms with Crippen molar-refractivity contribution in [2.24, 2.45) is 0 Å². The van der Waals surface area contributed by atoms with E-state index in [4.69, 9.17) is 0 Å². The molecule has 1 N–H and O–H groups in total. The fraction of sp³-hybridized carbons (Fsp3) is 0.714. The lowest BCUT2D eigenvalue weighted by molar-refractivity contribution is 0.599. The van der Waals surface area contributed by atoms with Gasteiger partial charge in [0.15, 0.2) is 15.7 Å². The fourth-order valence-electron chi connectivity index (χ4n) is 0.881. The first-order valence-electron chi connectivity index (χ1n) is 3.97. The van der Waals surface area contributed by atoms with Gasteiger partial charge >= 0.3 is 0 Å². The van der Waals surface area contributed by atoms with Gasteiger partial charge in [-0.05, 0) is 0 Å². The second-order valence-corrected chi connectivity index (χ2v) is 5.51. The molecule has 13 heavy (non-hydrogen) atoms. The zero-order chi connectivity index (χ0) is 10.1. The Bertz CT molecular complexity index is 380. The summed E-state index contributed by atoms with van der Waals surface area (Å²) < 4.78 is 21.8. The molecule has 0 radical (unpaired) electrons. The van der Waals surface area contributed by atoms with Gasteiger partial charge in [0, 0.05) is 12.2 Å². The molecule has 0 amide bonds. The fourth-order valence-corrected chi connectivity index (χ4v) is 1.51. The van der Waals surface area contributed by atoms with Crippen LogP contribution >= 0.6 is 0 Å². The van der Waals surface area contributed by atoms with Crippen molar-refractivity contribution in [1.82, 2.24) is 15.2 Å². The van der Waals surface area contributed by atoms with E-state index >= 15 is 0 Å². The number of aromatic amines is 1. The van der Waals surface area contributed by atoms with E-state index in [0.29, 0.717) is 11.6 Å². The Morgan fingerprint density at radius 1 is 1.46 bits per heavy atom. The van der Waals surface area contributed by atoms with Crippen LogP contribution in [0.15, 0.2) is 0 Å². The van der Waals surface area contributed by atoms with Gasteiger partial charge in [-0.1, -0.05) is 13.8 Å². The second-order valence-electron chi connectivity index (χ2n) is 3.37. The van der Waals surface area contributed by atoms with Crippen molar-refractivity contribution in [3.05, 3.63) is 11.6 Å². The number of hydrogen-bond acceptors (Lipinski definition) is 4. The standard InChI is InChI=1S/C7H13N3O2S/c1-5(2)7-8-6(9-10-7)4-13(3,11)12/h5H,4H2,1-3H3,(H,8,9,10). The first-order valence-corrected chi connectivity index (χ1v) is 6.03. The molecule has 0 atom stereocenters. The summed E-state index contributed by atoms with van der Waals surface area (Å²) in [6, 6.07) is 0. The lowest BCUT2D eigenvalue weighted by Crippen LogP contribution is -2.02. The summed E-state index contributed by atoms with van der Waals surface area (Å²) in [6.45, 7) is 3.90. The van der Waals surface area contributed by atoms with Crippen LogP contribution in [-0.2, 0) is 15.6 Å². The number of H-pyrrole nitrogens is 1. The molecule has 1 rings (SSSR count). The van der Waals surface area contributed by atoms with Gasteiger partial charge in [-0.2, -0.15) is 5.10 Å². The van der Waals surface area contributed by atoms with Gasteiger partial charge in [-0.25, -0.2) is 13.4 Å². The van der Waals surface area contributed by atoms with Crippen LogP contribution in [-0.4, -0.2) is 29.9 Å². The molecule has 0 aliphatic rings. The molecule has 0 aliphatic heterocycles. The second kappa shape index (κ2) is 3.45. The predicted molar refractivity (Wildman–Crippen MR) is 49.0 cm³/mol. The first-order chi connectivity index (χ1) is 5.88. The molecule has 0 aromatic carbocycles. The minimum atomic E-state index is -3.02. The highest BCUT2D eigenvalue weighted by molar-refractivity contribution is 7.89. The first kappa shape index (κ1) is 10.2. The Morgan fingerprint density at radius 2 is 2.08 bits per heavy atom. The number of sulfone groups is 1. The minimum absolute atomic E-state index is 0.0767. The summed E-state index contributed by atoms with van der Waals surface area (Å²) in [5, 5.41) is 6.50. The SMILES string of the molecule is CC(C)c1n[nH]c(CS(C)(=O)=O)n1. The largest absolute Gasteiger partial charge is 0.262 e. The van der Waals surface area contributed by atoms with Crippen molar-refractivity contribution in [1.29, 1.82) is 0 Å². The van der Waals surface area contributed by atoms with Gasteiger partial charge in [-0.3, -0.25) is 5.10 Å². The van der Waals surface area contributed by atoms with E-state index in [1.165, 1.54) is 6.26 Å². The van der Waals surface area contributed by atoms with E-state index in [1.54, 1.807) is 0 Å². The van der Waals surface area contributed by atoms with Gasteiger partial charge in [0.1, 0.15) is 11.6 Å². The zero-order valence-corrected chi connectivity index (χ0v) is 8.72. The highest BCUT2D eigenvalue weighted by Gasteiger charge is 2.11. The van der Waals surface area contributed by atoms with E-state index in [-0.39, 0.29) is 11.7 Å². The minimum Gasteiger partial charge on any atom is -0.262 e. The molecule has 0 fully saturated rings. The van der Waals surface area contributed by atoms with Gasteiger partial charge in [0.25, 0.3) is 0 Å². The number of hydrogen-bond donors (Lipinski definition) is 1. The summed E-state index contributed by atoms with van der Waals surface area (Å²) in [7, 11) is -3.02. The molecule has 74 valence electrons. The molecule has 1 aromatic rings. The Kier molecular flexibility index (Phi) is 2.70. The lowest BCUT2D eigenvalue weighted by atomic mass is 10.2. The van der Waals surface area contributed by atoms with Gasteiger partial charge in [0.2, 0.25) is 0 Å². The van der Waals surface area contributed by atoms with Crippen LogP contribution in [0.25, 0.3) is 0 Å². The van der Waals surface area contributed by atoms with Crippen LogP contribution in [0, 0.1) is 0 Å². The average molecular weight is 203 g/mol. The summed E-state index contributed by atoms with van der Waals surface area (Å²) >= 11 is 0. The third-order valence-corrected chi connectivity index (χ3v) is 2.26. The van der Waals surface area contributed by atoms with E-state index in [2.05, 4.69) is 15.2 Å². The quantitative estimate of drug-likeness (QED) is 0.775. The Balaban J connectivity index is 2.81. The predicted octanol–water partition coefficient (Wildman–Crippen LogP) is 0.473.